The third kappa shape index (κ3) is 3.79. The fourth-order valence-electron chi connectivity index (χ4n) is 3.05. The lowest BCUT2D eigenvalue weighted by molar-refractivity contribution is -0.385. The third-order valence-corrected chi connectivity index (χ3v) is 4.41. The van der Waals surface area contributed by atoms with E-state index in [0.717, 1.165) is 17.7 Å². The molecule has 4 heteroatoms. The highest BCUT2D eigenvalue weighted by molar-refractivity contribution is 5.42. The normalized spacial score (nSPS) is 17.9. The number of rotatable bonds is 5. The lowest BCUT2D eigenvalue weighted by Crippen LogP contribution is -2.33. The predicted molar refractivity (Wildman–Crippen MR) is 80.7 cm³/mol. The van der Waals surface area contributed by atoms with Gasteiger partial charge in [-0.15, -0.1) is 0 Å². The Kier molecular flexibility index (Phi) is 4.76. The second kappa shape index (κ2) is 6.35. The van der Waals surface area contributed by atoms with Gasteiger partial charge in [0, 0.05) is 24.7 Å². The summed E-state index contributed by atoms with van der Waals surface area (Å²) in [5.74, 6) is 0. The average Bonchev–Trinajstić information content (AvgIpc) is 2.41. The van der Waals surface area contributed by atoms with Crippen LogP contribution >= 0.6 is 0 Å². The zero-order chi connectivity index (χ0) is 14.6. The van der Waals surface area contributed by atoms with Crippen LogP contribution in [0.3, 0.4) is 0 Å². The Morgan fingerprint density at radius 1 is 1.30 bits per heavy atom. The predicted octanol–water partition coefficient (Wildman–Crippen LogP) is 3.96. The van der Waals surface area contributed by atoms with Crippen molar-refractivity contribution in [2.45, 2.75) is 52.5 Å². The topological polar surface area (TPSA) is 55.2 Å². The summed E-state index contributed by atoms with van der Waals surface area (Å²) in [5, 5.41) is 14.4. The molecule has 2 rings (SSSR count). The van der Waals surface area contributed by atoms with Gasteiger partial charge in [0.2, 0.25) is 0 Å². The van der Waals surface area contributed by atoms with E-state index in [1.54, 1.807) is 13.0 Å². The Morgan fingerprint density at radius 3 is 2.65 bits per heavy atom. The van der Waals surface area contributed by atoms with Crippen molar-refractivity contribution in [3.8, 4) is 0 Å². The molecular formula is C16H24N2O2. The van der Waals surface area contributed by atoms with Crippen LogP contribution in [-0.2, 0) is 6.54 Å². The highest BCUT2D eigenvalue weighted by Gasteiger charge is 2.26. The van der Waals surface area contributed by atoms with Gasteiger partial charge in [-0.2, -0.15) is 0 Å². The van der Waals surface area contributed by atoms with Crippen molar-refractivity contribution in [3.63, 3.8) is 0 Å². The fourth-order valence-corrected chi connectivity index (χ4v) is 3.05. The average molecular weight is 276 g/mol. The van der Waals surface area contributed by atoms with Crippen LogP contribution in [0.5, 0.6) is 0 Å². The maximum absolute atomic E-state index is 10.9. The zero-order valence-electron chi connectivity index (χ0n) is 12.4. The Labute approximate surface area is 120 Å². The number of nitrogens with zero attached hydrogens (tertiary/aromatic N) is 1. The van der Waals surface area contributed by atoms with Gasteiger partial charge in [-0.25, -0.2) is 0 Å². The molecule has 0 saturated heterocycles. The number of hydrogen-bond acceptors (Lipinski definition) is 3. The summed E-state index contributed by atoms with van der Waals surface area (Å²) in [6, 6.07) is 5.49. The molecule has 1 aromatic rings. The van der Waals surface area contributed by atoms with Gasteiger partial charge in [0.15, 0.2) is 0 Å². The van der Waals surface area contributed by atoms with Gasteiger partial charge < -0.3 is 5.32 Å². The number of hydrogen-bond donors (Lipinski definition) is 1. The highest BCUT2D eigenvalue weighted by atomic mass is 16.6. The molecule has 1 N–H and O–H groups in total. The molecular weight excluding hydrogens is 252 g/mol. The summed E-state index contributed by atoms with van der Waals surface area (Å²) in [6.07, 6.45) is 6.59. The zero-order valence-corrected chi connectivity index (χ0v) is 12.4. The molecule has 110 valence electrons. The van der Waals surface area contributed by atoms with Crippen molar-refractivity contribution in [2.24, 2.45) is 5.41 Å². The highest BCUT2D eigenvalue weighted by Crippen LogP contribution is 2.35. The first kappa shape index (κ1) is 15.0. The molecule has 0 radical (unpaired) electrons. The Balaban J connectivity index is 1.91. The summed E-state index contributed by atoms with van der Waals surface area (Å²) >= 11 is 0. The van der Waals surface area contributed by atoms with E-state index in [9.17, 15) is 10.1 Å². The molecule has 0 aliphatic heterocycles. The van der Waals surface area contributed by atoms with Gasteiger partial charge in [0.1, 0.15) is 0 Å². The fraction of sp³-hybridized carbons (Fsp3) is 0.625. The van der Waals surface area contributed by atoms with Crippen molar-refractivity contribution in [3.05, 3.63) is 39.4 Å². The van der Waals surface area contributed by atoms with Gasteiger partial charge in [-0.05, 0) is 30.7 Å². The van der Waals surface area contributed by atoms with Gasteiger partial charge >= 0.3 is 0 Å². The molecule has 1 fully saturated rings. The van der Waals surface area contributed by atoms with Crippen LogP contribution in [0.1, 0.15) is 50.2 Å². The summed E-state index contributed by atoms with van der Waals surface area (Å²) in [7, 11) is 0. The van der Waals surface area contributed by atoms with Crippen molar-refractivity contribution in [1.82, 2.24) is 5.32 Å². The summed E-state index contributed by atoms with van der Waals surface area (Å²) < 4.78 is 0. The first-order valence-electron chi connectivity index (χ1n) is 7.45. The molecule has 0 heterocycles. The standard InChI is InChI=1S/C16H24N2O2/c1-13-6-7-14(10-15(13)18(19)20)11-17-12-16(2)8-4-3-5-9-16/h6-7,10,17H,3-5,8-9,11-12H2,1-2H3. The Bertz CT molecular complexity index is 479. The number of aryl methyl sites for hydroxylation is 1. The quantitative estimate of drug-likeness (QED) is 0.654. The SMILES string of the molecule is Cc1ccc(CNCC2(C)CCCCC2)cc1[N+](=O)[O-]. The number of nitrogens with one attached hydrogen (secondary N) is 1. The van der Waals surface area contributed by atoms with E-state index in [1.807, 2.05) is 12.1 Å². The van der Waals surface area contributed by atoms with E-state index in [4.69, 9.17) is 0 Å². The Hall–Kier alpha value is -1.42. The molecule has 1 saturated carbocycles. The van der Waals surface area contributed by atoms with Crippen LogP contribution in [0.4, 0.5) is 5.69 Å². The van der Waals surface area contributed by atoms with Crippen LogP contribution in [0.2, 0.25) is 0 Å². The van der Waals surface area contributed by atoms with Crippen LogP contribution in [-0.4, -0.2) is 11.5 Å². The molecule has 0 aromatic heterocycles. The minimum absolute atomic E-state index is 0.216. The molecule has 1 aromatic carbocycles. The summed E-state index contributed by atoms with van der Waals surface area (Å²) in [6.45, 7) is 5.82. The molecule has 0 amide bonds. The van der Waals surface area contributed by atoms with Crippen molar-refractivity contribution in [1.29, 1.82) is 0 Å². The van der Waals surface area contributed by atoms with Crippen LogP contribution < -0.4 is 5.32 Å². The molecule has 0 bridgehead atoms. The van der Waals surface area contributed by atoms with Crippen LogP contribution in [0, 0.1) is 22.5 Å². The smallest absolute Gasteiger partial charge is 0.272 e. The maximum atomic E-state index is 10.9. The molecule has 20 heavy (non-hydrogen) atoms. The molecule has 0 unspecified atom stereocenters. The molecule has 0 atom stereocenters. The lowest BCUT2D eigenvalue weighted by atomic mass is 9.76. The monoisotopic (exact) mass is 276 g/mol. The van der Waals surface area contributed by atoms with E-state index < -0.39 is 0 Å². The van der Waals surface area contributed by atoms with Gasteiger partial charge in [-0.1, -0.05) is 38.3 Å². The minimum Gasteiger partial charge on any atom is -0.312 e. The van der Waals surface area contributed by atoms with Crippen molar-refractivity contribution in [2.75, 3.05) is 6.54 Å². The van der Waals surface area contributed by atoms with Gasteiger partial charge in [-0.3, -0.25) is 10.1 Å². The van der Waals surface area contributed by atoms with Crippen LogP contribution in [0.25, 0.3) is 0 Å². The maximum Gasteiger partial charge on any atom is 0.272 e. The summed E-state index contributed by atoms with van der Waals surface area (Å²) in [4.78, 5) is 10.6. The second-order valence-electron chi connectivity index (χ2n) is 6.35. The van der Waals surface area contributed by atoms with Crippen LogP contribution in [0.15, 0.2) is 18.2 Å². The lowest BCUT2D eigenvalue weighted by Gasteiger charge is -2.33. The van der Waals surface area contributed by atoms with E-state index >= 15 is 0 Å². The molecule has 1 aliphatic rings. The van der Waals surface area contributed by atoms with Crippen molar-refractivity contribution >= 4 is 5.69 Å². The first-order valence-corrected chi connectivity index (χ1v) is 7.45. The van der Waals surface area contributed by atoms with Crippen molar-refractivity contribution < 1.29 is 4.92 Å². The van der Waals surface area contributed by atoms with E-state index in [2.05, 4.69) is 12.2 Å². The van der Waals surface area contributed by atoms with E-state index in [1.165, 1.54) is 32.1 Å². The minimum atomic E-state index is -0.304. The largest absolute Gasteiger partial charge is 0.312 e. The second-order valence-corrected chi connectivity index (χ2v) is 6.35. The van der Waals surface area contributed by atoms with E-state index in [0.29, 0.717) is 12.0 Å². The van der Waals surface area contributed by atoms with E-state index in [-0.39, 0.29) is 10.6 Å². The number of nitro benzene ring substituents is 1. The molecule has 1 aliphatic carbocycles. The third-order valence-electron chi connectivity index (χ3n) is 4.41. The Morgan fingerprint density at radius 2 is 2.00 bits per heavy atom. The molecule has 4 nitrogen and oxygen atoms in total. The first-order chi connectivity index (χ1) is 9.50. The van der Waals surface area contributed by atoms with Gasteiger partial charge in [0.05, 0.1) is 4.92 Å². The number of nitro groups is 1. The molecule has 0 spiro atoms. The summed E-state index contributed by atoms with van der Waals surface area (Å²) in [5.41, 5.74) is 2.32. The van der Waals surface area contributed by atoms with Gasteiger partial charge in [0.25, 0.3) is 5.69 Å². The number of benzene rings is 1.